The summed E-state index contributed by atoms with van der Waals surface area (Å²) in [5.41, 5.74) is 8.34. The molecular weight excluding hydrogens is 178 g/mol. The number of benzene rings is 1. The summed E-state index contributed by atoms with van der Waals surface area (Å²) in [4.78, 5) is 0. The van der Waals surface area contributed by atoms with Gasteiger partial charge in [-0.2, -0.15) is 0 Å². The van der Waals surface area contributed by atoms with Gasteiger partial charge in [0.1, 0.15) is 18.5 Å². The van der Waals surface area contributed by atoms with Gasteiger partial charge in [-0.05, 0) is 18.6 Å². The van der Waals surface area contributed by atoms with Crippen molar-refractivity contribution in [2.24, 2.45) is 5.73 Å². The zero-order chi connectivity index (χ0) is 10.1. The molecule has 3 heteroatoms. The van der Waals surface area contributed by atoms with E-state index in [0.29, 0.717) is 6.61 Å². The summed E-state index contributed by atoms with van der Waals surface area (Å²) >= 11 is 0. The minimum Gasteiger partial charge on any atom is -0.490 e. The molecule has 0 aliphatic carbocycles. The van der Waals surface area contributed by atoms with Crippen molar-refractivity contribution in [2.75, 3.05) is 13.7 Å². The lowest BCUT2D eigenvalue weighted by Gasteiger charge is -2.31. The van der Waals surface area contributed by atoms with E-state index in [1.54, 1.807) is 7.11 Å². The molecule has 1 aliphatic heterocycles. The Hall–Kier alpha value is -1.06. The Labute approximate surface area is 83.8 Å². The second kappa shape index (κ2) is 3.59. The van der Waals surface area contributed by atoms with Crippen molar-refractivity contribution >= 4 is 0 Å². The predicted molar refractivity (Wildman–Crippen MR) is 54.4 cm³/mol. The quantitative estimate of drug-likeness (QED) is 0.733. The average Bonchev–Trinajstić information content (AvgIpc) is 2.18. The molecule has 14 heavy (non-hydrogen) atoms. The van der Waals surface area contributed by atoms with E-state index < -0.39 is 0 Å². The number of methoxy groups -OCH3 is 1. The number of rotatable bonds is 1. The van der Waals surface area contributed by atoms with Gasteiger partial charge in [0.05, 0.1) is 6.04 Å². The van der Waals surface area contributed by atoms with Gasteiger partial charge in [-0.25, -0.2) is 0 Å². The van der Waals surface area contributed by atoms with E-state index in [1.807, 2.05) is 25.1 Å². The Bertz CT molecular complexity index is 338. The second-order valence-electron chi connectivity index (χ2n) is 3.60. The van der Waals surface area contributed by atoms with Crippen LogP contribution in [0.4, 0.5) is 0 Å². The summed E-state index contributed by atoms with van der Waals surface area (Å²) in [7, 11) is 1.66. The Morgan fingerprint density at radius 1 is 1.50 bits per heavy atom. The standard InChI is InChI=1S/C11H15NO2/c1-7-4-3-5-8-10(7)11(12)9(13-2)6-14-8/h3-5,9,11H,6,12H2,1-2H3. The highest BCUT2D eigenvalue weighted by molar-refractivity contribution is 5.43. The van der Waals surface area contributed by atoms with Crippen LogP contribution < -0.4 is 10.5 Å². The number of aryl methyl sites for hydroxylation is 1. The molecule has 1 heterocycles. The molecule has 3 nitrogen and oxygen atoms in total. The molecule has 0 fully saturated rings. The van der Waals surface area contributed by atoms with Gasteiger partial charge >= 0.3 is 0 Å². The fourth-order valence-corrected chi connectivity index (χ4v) is 1.88. The molecule has 0 bridgehead atoms. The summed E-state index contributed by atoms with van der Waals surface area (Å²) in [6.07, 6.45) is -0.0383. The van der Waals surface area contributed by atoms with Crippen molar-refractivity contribution in [2.45, 2.75) is 19.1 Å². The first-order valence-corrected chi connectivity index (χ1v) is 4.74. The molecule has 1 aromatic carbocycles. The molecule has 0 spiro atoms. The Morgan fingerprint density at radius 2 is 2.29 bits per heavy atom. The molecule has 0 aromatic heterocycles. The maximum absolute atomic E-state index is 6.10. The average molecular weight is 193 g/mol. The minimum atomic E-state index is -0.0788. The molecule has 2 unspecified atom stereocenters. The molecule has 2 rings (SSSR count). The van der Waals surface area contributed by atoms with E-state index in [-0.39, 0.29) is 12.1 Å². The van der Waals surface area contributed by atoms with E-state index in [0.717, 1.165) is 16.9 Å². The first-order valence-electron chi connectivity index (χ1n) is 4.74. The Balaban J connectivity index is 2.43. The normalized spacial score (nSPS) is 25.4. The fraction of sp³-hybridized carbons (Fsp3) is 0.455. The van der Waals surface area contributed by atoms with Crippen LogP contribution in [0.1, 0.15) is 17.2 Å². The van der Waals surface area contributed by atoms with Crippen molar-refractivity contribution < 1.29 is 9.47 Å². The SMILES string of the molecule is COC1COc2cccc(C)c2C1N. The van der Waals surface area contributed by atoms with E-state index >= 15 is 0 Å². The summed E-state index contributed by atoms with van der Waals surface area (Å²) < 4.78 is 10.8. The number of ether oxygens (including phenoxy) is 2. The van der Waals surface area contributed by atoms with Crippen LogP contribution in [-0.4, -0.2) is 19.8 Å². The number of nitrogens with two attached hydrogens (primary N) is 1. The van der Waals surface area contributed by atoms with Crippen molar-refractivity contribution in [1.29, 1.82) is 0 Å². The molecule has 1 aromatic rings. The number of hydrogen-bond acceptors (Lipinski definition) is 3. The smallest absolute Gasteiger partial charge is 0.124 e. The summed E-state index contributed by atoms with van der Waals surface area (Å²) in [5, 5.41) is 0. The van der Waals surface area contributed by atoms with Crippen LogP contribution in [0.25, 0.3) is 0 Å². The molecular formula is C11H15NO2. The van der Waals surface area contributed by atoms with Gasteiger partial charge in [0, 0.05) is 12.7 Å². The lowest BCUT2D eigenvalue weighted by Crippen LogP contribution is -2.37. The van der Waals surface area contributed by atoms with Gasteiger partial charge < -0.3 is 15.2 Å². The third kappa shape index (κ3) is 1.38. The van der Waals surface area contributed by atoms with Crippen molar-refractivity contribution in [3.05, 3.63) is 29.3 Å². The van der Waals surface area contributed by atoms with Gasteiger partial charge in [-0.15, -0.1) is 0 Å². The van der Waals surface area contributed by atoms with Crippen LogP contribution in [-0.2, 0) is 4.74 Å². The molecule has 2 N–H and O–H groups in total. The van der Waals surface area contributed by atoms with Crippen molar-refractivity contribution in [3.63, 3.8) is 0 Å². The minimum absolute atomic E-state index is 0.0383. The van der Waals surface area contributed by atoms with Crippen LogP contribution >= 0.6 is 0 Å². The van der Waals surface area contributed by atoms with Crippen molar-refractivity contribution in [1.82, 2.24) is 0 Å². The molecule has 0 radical (unpaired) electrons. The third-order valence-corrected chi connectivity index (χ3v) is 2.72. The molecule has 0 saturated heterocycles. The topological polar surface area (TPSA) is 44.5 Å². The van der Waals surface area contributed by atoms with Gasteiger partial charge in [0.15, 0.2) is 0 Å². The number of fused-ring (bicyclic) bond motifs is 1. The zero-order valence-corrected chi connectivity index (χ0v) is 8.49. The van der Waals surface area contributed by atoms with Gasteiger partial charge in [0.25, 0.3) is 0 Å². The lowest BCUT2D eigenvalue weighted by atomic mass is 9.95. The molecule has 76 valence electrons. The lowest BCUT2D eigenvalue weighted by molar-refractivity contribution is 0.0257. The van der Waals surface area contributed by atoms with E-state index in [4.69, 9.17) is 15.2 Å². The van der Waals surface area contributed by atoms with E-state index in [2.05, 4.69) is 0 Å². The Kier molecular flexibility index (Phi) is 2.44. The van der Waals surface area contributed by atoms with Crippen molar-refractivity contribution in [3.8, 4) is 5.75 Å². The highest BCUT2D eigenvalue weighted by Gasteiger charge is 2.28. The predicted octanol–water partition coefficient (Wildman–Crippen LogP) is 1.40. The van der Waals surface area contributed by atoms with Gasteiger partial charge in [-0.1, -0.05) is 12.1 Å². The zero-order valence-electron chi connectivity index (χ0n) is 8.49. The molecule has 0 amide bonds. The molecule has 1 aliphatic rings. The number of hydrogen-bond donors (Lipinski definition) is 1. The summed E-state index contributed by atoms with van der Waals surface area (Å²) in [6, 6.07) is 5.90. The van der Waals surface area contributed by atoms with Crippen LogP contribution in [0, 0.1) is 6.92 Å². The maximum atomic E-state index is 6.10. The Morgan fingerprint density at radius 3 is 3.00 bits per heavy atom. The van der Waals surface area contributed by atoms with E-state index in [9.17, 15) is 0 Å². The summed E-state index contributed by atoms with van der Waals surface area (Å²) in [6.45, 7) is 2.58. The molecule has 2 atom stereocenters. The first-order chi connectivity index (χ1) is 6.74. The highest BCUT2D eigenvalue weighted by Crippen LogP contribution is 2.33. The second-order valence-corrected chi connectivity index (χ2v) is 3.60. The van der Waals surface area contributed by atoms with Crippen LogP contribution in [0.2, 0.25) is 0 Å². The maximum Gasteiger partial charge on any atom is 0.124 e. The monoisotopic (exact) mass is 193 g/mol. The van der Waals surface area contributed by atoms with Crippen LogP contribution in [0.3, 0.4) is 0 Å². The summed E-state index contributed by atoms with van der Waals surface area (Å²) in [5.74, 6) is 0.894. The first kappa shape index (κ1) is 9.49. The highest BCUT2D eigenvalue weighted by atomic mass is 16.5. The molecule has 0 saturated carbocycles. The van der Waals surface area contributed by atoms with Crippen LogP contribution in [0.15, 0.2) is 18.2 Å². The third-order valence-electron chi connectivity index (χ3n) is 2.72. The van der Waals surface area contributed by atoms with Gasteiger partial charge in [-0.3, -0.25) is 0 Å². The van der Waals surface area contributed by atoms with Crippen LogP contribution in [0.5, 0.6) is 5.75 Å². The van der Waals surface area contributed by atoms with E-state index in [1.165, 1.54) is 0 Å². The largest absolute Gasteiger partial charge is 0.490 e. The fourth-order valence-electron chi connectivity index (χ4n) is 1.88. The van der Waals surface area contributed by atoms with Gasteiger partial charge in [0.2, 0.25) is 0 Å².